The molecule has 0 radical (unpaired) electrons. The second kappa shape index (κ2) is 8.71. The zero-order valence-corrected chi connectivity index (χ0v) is 19.6. The Morgan fingerprint density at radius 1 is 1.14 bits per heavy atom. The molecule has 2 unspecified atom stereocenters. The van der Waals surface area contributed by atoms with E-state index in [-0.39, 0.29) is 11.3 Å². The molecule has 2 atom stereocenters. The van der Waals surface area contributed by atoms with E-state index in [2.05, 4.69) is 22.6 Å². The highest BCUT2D eigenvalue weighted by molar-refractivity contribution is 14.1. The normalized spacial score (nSPS) is 18.5. The Kier molecular flexibility index (Phi) is 6.67. The number of amides is 2. The third-order valence-electron chi connectivity index (χ3n) is 4.93. The van der Waals surface area contributed by atoms with Crippen LogP contribution in [0.15, 0.2) is 53.4 Å². The molecule has 0 aliphatic carbocycles. The summed E-state index contributed by atoms with van der Waals surface area (Å²) in [5.74, 6) is -0.949. The van der Waals surface area contributed by atoms with Crippen molar-refractivity contribution in [3.05, 3.63) is 57.1 Å². The maximum atomic E-state index is 13.4. The summed E-state index contributed by atoms with van der Waals surface area (Å²) in [5, 5.41) is 0.413. The molecular weight excluding hydrogens is 527 g/mol. The highest BCUT2D eigenvalue weighted by Gasteiger charge is 2.48. The number of rotatable bonds is 6. The average molecular weight is 547 g/mol. The zero-order chi connectivity index (χ0) is 21.3. The molecule has 0 saturated carbocycles. The molecule has 2 aromatic rings. The van der Waals surface area contributed by atoms with Crippen molar-refractivity contribution in [2.75, 3.05) is 4.90 Å². The number of benzene rings is 2. The van der Waals surface area contributed by atoms with E-state index in [1.54, 1.807) is 31.2 Å². The van der Waals surface area contributed by atoms with Crippen molar-refractivity contribution in [3.63, 3.8) is 0 Å². The summed E-state index contributed by atoms with van der Waals surface area (Å²) >= 11 is 8.02. The Hall–Kier alpha value is -1.49. The van der Waals surface area contributed by atoms with E-state index < -0.39 is 33.9 Å². The van der Waals surface area contributed by atoms with Gasteiger partial charge in [0.05, 0.1) is 17.0 Å². The van der Waals surface area contributed by atoms with Crippen LogP contribution in [0.4, 0.5) is 5.69 Å². The minimum Gasteiger partial charge on any atom is -0.274 e. The number of sulfonamides is 1. The molecule has 0 spiro atoms. The second-order valence-corrected chi connectivity index (χ2v) is 10.3. The van der Waals surface area contributed by atoms with Gasteiger partial charge in [-0.3, -0.25) is 9.59 Å². The van der Waals surface area contributed by atoms with Crippen molar-refractivity contribution in [3.8, 4) is 0 Å². The van der Waals surface area contributed by atoms with Gasteiger partial charge in [0, 0.05) is 14.6 Å². The second-order valence-electron chi connectivity index (χ2n) is 6.81. The molecule has 9 heteroatoms. The molecule has 1 fully saturated rings. The molecule has 3 rings (SSSR count). The van der Waals surface area contributed by atoms with Gasteiger partial charge in [-0.1, -0.05) is 18.5 Å². The van der Waals surface area contributed by atoms with Crippen LogP contribution in [-0.4, -0.2) is 36.6 Å². The first-order chi connectivity index (χ1) is 13.7. The third-order valence-corrected chi connectivity index (χ3v) is 7.94. The Balaban J connectivity index is 2.01. The Morgan fingerprint density at radius 3 is 2.28 bits per heavy atom. The van der Waals surface area contributed by atoms with Crippen molar-refractivity contribution in [2.45, 2.75) is 43.7 Å². The van der Waals surface area contributed by atoms with E-state index in [0.29, 0.717) is 17.1 Å². The van der Waals surface area contributed by atoms with Gasteiger partial charge in [0.25, 0.3) is 5.91 Å². The summed E-state index contributed by atoms with van der Waals surface area (Å²) in [7, 11) is -4.01. The van der Waals surface area contributed by atoms with E-state index in [1.165, 1.54) is 28.6 Å². The van der Waals surface area contributed by atoms with Crippen LogP contribution in [0.5, 0.6) is 0 Å². The lowest BCUT2D eigenvalue weighted by atomic mass is 10.2. The van der Waals surface area contributed by atoms with E-state index in [0.717, 1.165) is 8.47 Å². The van der Waals surface area contributed by atoms with Gasteiger partial charge in [-0.25, -0.2) is 13.3 Å². The molecule has 1 aliphatic rings. The molecule has 2 amide bonds. The fourth-order valence-corrected chi connectivity index (χ4v) is 5.63. The summed E-state index contributed by atoms with van der Waals surface area (Å²) in [4.78, 5) is 27.0. The van der Waals surface area contributed by atoms with Crippen molar-refractivity contribution in [1.82, 2.24) is 4.31 Å². The molecule has 1 heterocycles. The first-order valence-electron chi connectivity index (χ1n) is 9.08. The van der Waals surface area contributed by atoms with Gasteiger partial charge in [-0.15, -0.1) is 0 Å². The molecule has 6 nitrogen and oxygen atoms in total. The molecule has 2 aromatic carbocycles. The number of carbonyl (C=O) groups excluding carboxylic acids is 2. The van der Waals surface area contributed by atoms with Gasteiger partial charge in [0.2, 0.25) is 15.9 Å². The summed E-state index contributed by atoms with van der Waals surface area (Å²) in [5.41, 5.74) is 0.441. The van der Waals surface area contributed by atoms with E-state index in [4.69, 9.17) is 11.6 Å². The zero-order valence-electron chi connectivity index (χ0n) is 15.9. The van der Waals surface area contributed by atoms with Crippen LogP contribution in [0.3, 0.4) is 0 Å². The first-order valence-corrected chi connectivity index (χ1v) is 12.0. The van der Waals surface area contributed by atoms with Crippen molar-refractivity contribution in [2.24, 2.45) is 0 Å². The summed E-state index contributed by atoms with van der Waals surface area (Å²) < 4.78 is 28.9. The number of hydrogen-bond acceptors (Lipinski definition) is 4. The molecule has 154 valence electrons. The summed E-state index contributed by atoms with van der Waals surface area (Å²) in [6, 6.07) is 11.2. The van der Waals surface area contributed by atoms with E-state index in [9.17, 15) is 18.0 Å². The highest BCUT2D eigenvalue weighted by atomic mass is 127. The quantitative estimate of drug-likeness (QED) is 0.405. The van der Waals surface area contributed by atoms with Gasteiger partial charge in [-0.2, -0.15) is 4.31 Å². The molecule has 1 saturated heterocycles. The summed E-state index contributed by atoms with van der Waals surface area (Å²) in [6.07, 6.45) is 0.302. The standard InChI is InChI=1S/C20H20ClIN2O4S/c1-3-13(2)24(29(27,28)17-10-4-14(21)5-11-17)18-12-19(25)23(20(18)26)16-8-6-15(22)7-9-16/h4-11,13,18H,3,12H2,1-2H3. The lowest BCUT2D eigenvalue weighted by Gasteiger charge is -2.31. The van der Waals surface area contributed by atoms with Crippen LogP contribution in [0.1, 0.15) is 26.7 Å². The predicted octanol–water partition coefficient (Wildman–Crippen LogP) is 4.07. The number of nitrogens with zero attached hydrogens (tertiary/aromatic N) is 2. The SMILES string of the molecule is CCC(C)N(C1CC(=O)N(c2ccc(I)cc2)C1=O)S(=O)(=O)c1ccc(Cl)cc1. The van der Waals surface area contributed by atoms with Gasteiger partial charge in [0.1, 0.15) is 6.04 Å². The van der Waals surface area contributed by atoms with Crippen LogP contribution in [0.2, 0.25) is 5.02 Å². The van der Waals surface area contributed by atoms with Gasteiger partial charge in [-0.05, 0) is 84.5 Å². The lowest BCUT2D eigenvalue weighted by Crippen LogP contribution is -2.49. The summed E-state index contributed by atoms with van der Waals surface area (Å²) in [6.45, 7) is 3.58. The number of halogens is 2. The van der Waals surface area contributed by atoms with Gasteiger partial charge >= 0.3 is 0 Å². The molecule has 1 aliphatic heterocycles. The topological polar surface area (TPSA) is 74.8 Å². The molecule has 0 N–H and O–H groups in total. The van der Waals surface area contributed by atoms with Crippen molar-refractivity contribution < 1.29 is 18.0 Å². The number of imide groups is 1. The molecule has 0 aromatic heterocycles. The monoisotopic (exact) mass is 546 g/mol. The fraction of sp³-hybridized carbons (Fsp3) is 0.300. The Bertz CT molecular complexity index is 1030. The average Bonchev–Trinajstić information content (AvgIpc) is 2.96. The Labute approximate surface area is 189 Å². The third kappa shape index (κ3) is 4.35. The largest absolute Gasteiger partial charge is 0.274 e. The smallest absolute Gasteiger partial charge is 0.252 e. The van der Waals surface area contributed by atoms with Gasteiger partial charge < -0.3 is 0 Å². The molecule has 0 bridgehead atoms. The van der Waals surface area contributed by atoms with Crippen LogP contribution in [0, 0.1) is 3.57 Å². The maximum Gasteiger partial charge on any atom is 0.252 e. The molecule has 29 heavy (non-hydrogen) atoms. The van der Waals surface area contributed by atoms with Crippen LogP contribution < -0.4 is 4.90 Å². The van der Waals surface area contributed by atoms with E-state index in [1.807, 2.05) is 6.92 Å². The van der Waals surface area contributed by atoms with Crippen molar-refractivity contribution >= 4 is 61.7 Å². The molecular formula is C20H20ClIN2O4S. The number of hydrogen-bond donors (Lipinski definition) is 0. The Morgan fingerprint density at radius 2 is 1.72 bits per heavy atom. The first kappa shape index (κ1) is 22.2. The van der Waals surface area contributed by atoms with Gasteiger partial charge in [0.15, 0.2) is 0 Å². The predicted molar refractivity (Wildman–Crippen MR) is 120 cm³/mol. The minimum atomic E-state index is -4.01. The van der Waals surface area contributed by atoms with Crippen LogP contribution in [0.25, 0.3) is 0 Å². The maximum absolute atomic E-state index is 13.4. The fourth-order valence-electron chi connectivity index (χ4n) is 3.30. The van der Waals surface area contributed by atoms with Crippen molar-refractivity contribution in [1.29, 1.82) is 0 Å². The van der Waals surface area contributed by atoms with Crippen LogP contribution >= 0.6 is 34.2 Å². The van der Waals surface area contributed by atoms with E-state index >= 15 is 0 Å². The number of anilines is 1. The van der Waals surface area contributed by atoms with Crippen LogP contribution in [-0.2, 0) is 19.6 Å². The number of carbonyl (C=O) groups is 2. The minimum absolute atomic E-state index is 0.0372. The lowest BCUT2D eigenvalue weighted by molar-refractivity contribution is -0.122. The highest BCUT2D eigenvalue weighted by Crippen LogP contribution is 2.32.